The number of hydrogen-bond donors (Lipinski definition) is 1. The van der Waals surface area contributed by atoms with E-state index in [1.807, 2.05) is 0 Å². The van der Waals surface area contributed by atoms with Crippen molar-refractivity contribution in [1.29, 1.82) is 0 Å². The second kappa shape index (κ2) is 13.3. The van der Waals surface area contributed by atoms with Gasteiger partial charge in [-0.15, -0.1) is 0 Å². The number of ether oxygens (including phenoxy) is 1. The summed E-state index contributed by atoms with van der Waals surface area (Å²) in [5, 5.41) is 2.75. The maximum atomic E-state index is 15.0. The van der Waals surface area contributed by atoms with Crippen molar-refractivity contribution in [3.05, 3.63) is 130 Å². The van der Waals surface area contributed by atoms with Crippen molar-refractivity contribution in [2.24, 2.45) is 0 Å². The van der Waals surface area contributed by atoms with Crippen molar-refractivity contribution in [3.63, 3.8) is 0 Å². The van der Waals surface area contributed by atoms with E-state index in [0.29, 0.717) is 5.56 Å². The van der Waals surface area contributed by atoms with E-state index in [2.05, 4.69) is 5.32 Å². The Labute approximate surface area is 245 Å². The van der Waals surface area contributed by atoms with Gasteiger partial charge in [0, 0.05) is 24.1 Å². The predicted molar refractivity (Wildman–Crippen MR) is 151 cm³/mol. The first-order chi connectivity index (χ1) is 20.0. The normalized spacial score (nSPS) is 12.0. The first kappa shape index (κ1) is 30.9. The van der Waals surface area contributed by atoms with Crippen LogP contribution in [0.3, 0.4) is 0 Å². The molecule has 0 bridgehead atoms. The highest BCUT2D eigenvalue weighted by Crippen LogP contribution is 2.37. The Morgan fingerprint density at radius 3 is 2.29 bits per heavy atom. The molecule has 1 atom stereocenters. The molecule has 1 amide bonds. The lowest BCUT2D eigenvalue weighted by Gasteiger charge is -2.32. The van der Waals surface area contributed by atoms with Crippen LogP contribution in [0.25, 0.3) is 0 Å². The van der Waals surface area contributed by atoms with Crippen molar-refractivity contribution in [2.45, 2.75) is 30.8 Å². The monoisotopic (exact) mass is 620 g/mol. The Morgan fingerprint density at radius 2 is 1.57 bits per heavy atom. The predicted octanol–water partition coefficient (Wildman–Crippen LogP) is 7.32. The molecule has 0 aliphatic heterocycles. The van der Waals surface area contributed by atoms with Crippen molar-refractivity contribution in [1.82, 2.24) is 5.32 Å². The number of hydrogen-bond acceptors (Lipinski definition) is 4. The van der Waals surface area contributed by atoms with Crippen LogP contribution >= 0.6 is 11.6 Å². The number of nitrogens with one attached hydrogen (secondary N) is 1. The topological polar surface area (TPSA) is 75.7 Å². The molecule has 4 rings (SSSR count). The highest BCUT2D eigenvalue weighted by molar-refractivity contribution is 7.92. The van der Waals surface area contributed by atoms with Crippen LogP contribution in [0.15, 0.2) is 89.8 Å². The van der Waals surface area contributed by atoms with E-state index < -0.39 is 51.1 Å². The molecule has 220 valence electrons. The standard InChI is InChI=1S/C30H25ClF4N2O4S/c1-19(37(29-17-25(34)8-12-28(29)35)42(39,40)26-9-5-22(31)6-10-26)27-11-7-24(33)16-21(27)13-14-41-30(38)36-18-20-3-2-4-23(32)15-20/h2-12,15-17,19H,13-14,18H2,1H3,(H,36,38)/t19-/m1/s1. The number of sulfonamides is 1. The summed E-state index contributed by atoms with van der Waals surface area (Å²) in [4.78, 5) is 11.9. The van der Waals surface area contributed by atoms with Crippen molar-refractivity contribution in [2.75, 3.05) is 10.9 Å². The Morgan fingerprint density at radius 1 is 0.905 bits per heavy atom. The summed E-state index contributed by atoms with van der Waals surface area (Å²) in [6, 6.07) is 15.6. The molecule has 0 heterocycles. The number of alkyl carbamates (subject to hydrolysis) is 1. The second-order valence-corrected chi connectivity index (χ2v) is 11.5. The number of benzene rings is 4. The zero-order chi connectivity index (χ0) is 30.4. The van der Waals surface area contributed by atoms with Crippen LogP contribution in [0, 0.1) is 23.3 Å². The van der Waals surface area contributed by atoms with E-state index in [9.17, 15) is 26.4 Å². The van der Waals surface area contributed by atoms with E-state index in [0.717, 1.165) is 34.6 Å². The summed E-state index contributed by atoms with van der Waals surface area (Å²) < 4.78 is 90.5. The third-order valence-electron chi connectivity index (χ3n) is 6.35. The average molecular weight is 621 g/mol. The SMILES string of the molecule is C[C@H](c1ccc(F)cc1CCOC(=O)NCc1cccc(F)c1)N(c1cc(F)ccc1F)S(=O)(=O)c1ccc(Cl)cc1. The maximum Gasteiger partial charge on any atom is 0.407 e. The number of halogens is 5. The lowest BCUT2D eigenvalue weighted by molar-refractivity contribution is 0.147. The molecule has 0 radical (unpaired) electrons. The molecule has 0 unspecified atom stereocenters. The summed E-state index contributed by atoms with van der Waals surface area (Å²) in [5.74, 6) is -2.96. The minimum Gasteiger partial charge on any atom is -0.449 e. The molecule has 0 spiro atoms. The fourth-order valence-corrected chi connectivity index (χ4v) is 6.13. The van der Waals surface area contributed by atoms with Gasteiger partial charge in [-0.3, -0.25) is 4.31 Å². The number of carbonyl (C=O) groups is 1. The molecule has 0 aliphatic carbocycles. The zero-order valence-corrected chi connectivity index (χ0v) is 23.7. The molecule has 0 saturated carbocycles. The molecule has 4 aromatic rings. The number of carbonyl (C=O) groups excluding carboxylic acids is 1. The fourth-order valence-electron chi connectivity index (χ4n) is 4.37. The molecular formula is C30H25ClF4N2O4S. The summed E-state index contributed by atoms with van der Waals surface area (Å²) in [6.45, 7) is 1.23. The maximum absolute atomic E-state index is 15.0. The van der Waals surface area contributed by atoms with E-state index >= 15 is 4.39 Å². The van der Waals surface area contributed by atoms with Gasteiger partial charge in [0.2, 0.25) is 0 Å². The van der Waals surface area contributed by atoms with Gasteiger partial charge in [0.15, 0.2) is 0 Å². The Bertz CT molecular complexity index is 1690. The van der Waals surface area contributed by atoms with Gasteiger partial charge in [0.25, 0.3) is 10.0 Å². The van der Waals surface area contributed by atoms with Crippen LogP contribution in [-0.2, 0) is 27.7 Å². The van der Waals surface area contributed by atoms with Crippen LogP contribution in [0.1, 0.15) is 29.7 Å². The van der Waals surface area contributed by atoms with Crippen molar-refractivity contribution >= 4 is 33.4 Å². The molecule has 0 saturated heterocycles. The van der Waals surface area contributed by atoms with Gasteiger partial charge < -0.3 is 10.1 Å². The summed E-state index contributed by atoms with van der Waals surface area (Å²) in [5.41, 5.74) is 0.496. The van der Waals surface area contributed by atoms with E-state index in [1.54, 1.807) is 6.07 Å². The van der Waals surface area contributed by atoms with Crippen LogP contribution in [0.5, 0.6) is 0 Å². The molecule has 4 aromatic carbocycles. The van der Waals surface area contributed by atoms with Gasteiger partial charge in [-0.05, 0) is 84.3 Å². The molecule has 0 fully saturated rings. The quantitative estimate of drug-likeness (QED) is 0.189. The molecule has 0 aromatic heterocycles. The molecule has 6 nitrogen and oxygen atoms in total. The summed E-state index contributed by atoms with van der Waals surface area (Å²) in [6.07, 6.45) is -0.843. The number of amides is 1. The fraction of sp³-hybridized carbons (Fsp3) is 0.167. The molecule has 12 heteroatoms. The lowest BCUT2D eigenvalue weighted by Crippen LogP contribution is -2.35. The van der Waals surface area contributed by atoms with Gasteiger partial charge in [-0.2, -0.15) is 0 Å². The van der Waals surface area contributed by atoms with E-state index in [1.165, 1.54) is 55.5 Å². The zero-order valence-electron chi connectivity index (χ0n) is 22.2. The highest BCUT2D eigenvalue weighted by atomic mass is 35.5. The highest BCUT2D eigenvalue weighted by Gasteiger charge is 2.33. The number of nitrogens with zero attached hydrogens (tertiary/aromatic N) is 1. The van der Waals surface area contributed by atoms with Crippen LogP contribution in [0.4, 0.5) is 28.0 Å². The second-order valence-electron chi connectivity index (χ2n) is 9.24. The van der Waals surface area contributed by atoms with Crippen molar-refractivity contribution in [3.8, 4) is 0 Å². The Kier molecular flexibility index (Phi) is 9.74. The number of anilines is 1. The summed E-state index contributed by atoms with van der Waals surface area (Å²) in [7, 11) is -4.50. The van der Waals surface area contributed by atoms with Crippen LogP contribution in [0.2, 0.25) is 5.02 Å². The first-order valence-corrected chi connectivity index (χ1v) is 14.5. The van der Waals surface area contributed by atoms with Gasteiger partial charge in [-0.25, -0.2) is 30.8 Å². The molecular weight excluding hydrogens is 596 g/mol. The lowest BCUT2D eigenvalue weighted by atomic mass is 9.98. The van der Waals surface area contributed by atoms with Gasteiger partial charge >= 0.3 is 6.09 Å². The average Bonchev–Trinajstić information content (AvgIpc) is 2.94. The largest absolute Gasteiger partial charge is 0.449 e. The Balaban J connectivity index is 1.60. The van der Waals surface area contributed by atoms with Crippen LogP contribution in [-0.4, -0.2) is 21.1 Å². The molecule has 42 heavy (non-hydrogen) atoms. The Hall–Kier alpha value is -4.09. The smallest absolute Gasteiger partial charge is 0.407 e. The van der Waals surface area contributed by atoms with E-state index in [-0.39, 0.29) is 40.6 Å². The van der Waals surface area contributed by atoms with Gasteiger partial charge in [0.1, 0.15) is 23.3 Å². The molecule has 1 N–H and O–H groups in total. The first-order valence-electron chi connectivity index (χ1n) is 12.6. The van der Waals surface area contributed by atoms with Gasteiger partial charge in [-0.1, -0.05) is 29.8 Å². The third kappa shape index (κ3) is 7.40. The van der Waals surface area contributed by atoms with Gasteiger partial charge in [0.05, 0.1) is 23.2 Å². The minimum atomic E-state index is -4.50. The van der Waals surface area contributed by atoms with Crippen LogP contribution < -0.4 is 9.62 Å². The van der Waals surface area contributed by atoms with E-state index in [4.69, 9.17) is 16.3 Å². The summed E-state index contributed by atoms with van der Waals surface area (Å²) >= 11 is 5.92. The van der Waals surface area contributed by atoms with Crippen molar-refractivity contribution < 1.29 is 35.5 Å². The minimum absolute atomic E-state index is 0.00948. The third-order valence-corrected chi connectivity index (χ3v) is 8.50. The molecule has 0 aliphatic rings. The number of rotatable bonds is 10.